The number of pyridine rings is 1. The number of nitrogens with zero attached hydrogens (tertiary/aromatic N) is 1. The zero-order valence-corrected chi connectivity index (χ0v) is 9.59. The molecule has 0 N–H and O–H groups in total. The van der Waals surface area contributed by atoms with Crippen LogP contribution < -0.4 is 5.56 Å². The van der Waals surface area contributed by atoms with Crippen molar-refractivity contribution in [2.45, 2.75) is 13.5 Å². The van der Waals surface area contributed by atoms with Crippen LogP contribution in [0.2, 0.25) is 0 Å². The van der Waals surface area contributed by atoms with Crippen molar-refractivity contribution in [2.24, 2.45) is 0 Å². The molecule has 0 aliphatic rings. The predicted molar refractivity (Wildman–Crippen MR) is 66.2 cm³/mol. The van der Waals surface area contributed by atoms with Gasteiger partial charge < -0.3 is 4.57 Å². The lowest BCUT2D eigenvalue weighted by Crippen LogP contribution is -2.25. The fraction of sp³-hybridized carbons (Fsp3) is 0.143. The van der Waals surface area contributed by atoms with Gasteiger partial charge in [-0.25, -0.2) is 0 Å². The maximum atomic E-state index is 12.0. The van der Waals surface area contributed by atoms with E-state index in [1.165, 1.54) is 10.6 Å². The average Bonchev–Trinajstić information content (AvgIpc) is 2.35. The van der Waals surface area contributed by atoms with Crippen molar-refractivity contribution in [1.82, 2.24) is 4.57 Å². The van der Waals surface area contributed by atoms with Gasteiger partial charge in [0.1, 0.15) is 0 Å². The molecule has 2 rings (SSSR count). The van der Waals surface area contributed by atoms with Gasteiger partial charge in [0.25, 0.3) is 5.56 Å². The van der Waals surface area contributed by atoms with Gasteiger partial charge in [0.15, 0.2) is 5.78 Å². The quantitative estimate of drug-likeness (QED) is 0.753. The molecule has 17 heavy (non-hydrogen) atoms. The Bertz CT molecular complexity index is 585. The van der Waals surface area contributed by atoms with E-state index < -0.39 is 0 Å². The van der Waals surface area contributed by atoms with Crippen LogP contribution in [0.3, 0.4) is 0 Å². The highest BCUT2D eigenvalue weighted by Gasteiger charge is 2.08. The van der Waals surface area contributed by atoms with E-state index in [1.54, 1.807) is 18.2 Å². The maximum Gasteiger partial charge on any atom is 0.251 e. The molecule has 86 valence electrons. The molecule has 0 bridgehead atoms. The minimum absolute atomic E-state index is 0.0537. The van der Waals surface area contributed by atoms with Crippen LogP contribution in [-0.4, -0.2) is 10.4 Å². The van der Waals surface area contributed by atoms with E-state index in [0.29, 0.717) is 5.56 Å². The molecule has 0 fully saturated rings. The lowest BCUT2D eigenvalue weighted by Gasteiger charge is -2.08. The van der Waals surface area contributed by atoms with Gasteiger partial charge in [0, 0.05) is 17.3 Å². The molecule has 0 radical (unpaired) electrons. The zero-order chi connectivity index (χ0) is 12.3. The predicted octanol–water partition coefficient (Wildman–Crippen LogP) is 2.04. The molecule has 0 atom stereocenters. The fourth-order valence-electron chi connectivity index (χ4n) is 1.69. The highest BCUT2D eigenvalue weighted by Crippen LogP contribution is 2.02. The molecule has 3 nitrogen and oxygen atoms in total. The topological polar surface area (TPSA) is 39.1 Å². The largest absolute Gasteiger partial charge is 0.305 e. The molecule has 1 aromatic carbocycles. The molecule has 0 spiro atoms. The smallest absolute Gasteiger partial charge is 0.251 e. The van der Waals surface area contributed by atoms with E-state index in [2.05, 4.69) is 0 Å². The van der Waals surface area contributed by atoms with Crippen molar-refractivity contribution in [3.63, 3.8) is 0 Å². The van der Waals surface area contributed by atoms with Crippen molar-refractivity contribution >= 4 is 5.78 Å². The molecule has 3 heteroatoms. The Kier molecular flexibility index (Phi) is 3.19. The first-order chi connectivity index (χ1) is 8.18. The average molecular weight is 227 g/mol. The first-order valence-corrected chi connectivity index (χ1v) is 5.43. The first kappa shape index (κ1) is 11.3. The summed E-state index contributed by atoms with van der Waals surface area (Å²) in [6, 6.07) is 14.0. The third kappa shape index (κ3) is 2.50. The summed E-state index contributed by atoms with van der Waals surface area (Å²) in [5, 5.41) is 0. The number of ketones is 1. The summed E-state index contributed by atoms with van der Waals surface area (Å²) in [6.07, 6.45) is 0. The third-order valence-corrected chi connectivity index (χ3v) is 2.67. The second-order valence-electron chi connectivity index (χ2n) is 3.88. The van der Waals surface area contributed by atoms with Crippen molar-refractivity contribution < 1.29 is 4.79 Å². The van der Waals surface area contributed by atoms with Crippen LogP contribution >= 0.6 is 0 Å². The van der Waals surface area contributed by atoms with Crippen molar-refractivity contribution in [3.8, 4) is 0 Å². The molecule has 0 aliphatic carbocycles. The van der Waals surface area contributed by atoms with Gasteiger partial charge in [-0.2, -0.15) is 0 Å². The summed E-state index contributed by atoms with van der Waals surface area (Å²) in [6.45, 7) is 1.91. The molecule has 2 aromatic rings. The Labute approximate surface area is 99.3 Å². The molecule has 1 aromatic heterocycles. The summed E-state index contributed by atoms with van der Waals surface area (Å²) in [4.78, 5) is 23.6. The van der Waals surface area contributed by atoms with Gasteiger partial charge >= 0.3 is 0 Å². The van der Waals surface area contributed by atoms with Crippen molar-refractivity contribution in [3.05, 3.63) is 70.1 Å². The zero-order valence-electron chi connectivity index (χ0n) is 9.59. The second-order valence-corrected chi connectivity index (χ2v) is 3.88. The van der Waals surface area contributed by atoms with E-state index in [0.717, 1.165) is 5.69 Å². The Morgan fingerprint density at radius 1 is 1.06 bits per heavy atom. The van der Waals surface area contributed by atoms with E-state index in [-0.39, 0.29) is 17.9 Å². The number of hydrogen-bond acceptors (Lipinski definition) is 2. The van der Waals surface area contributed by atoms with Crippen molar-refractivity contribution in [1.29, 1.82) is 0 Å². The molecule has 0 saturated carbocycles. The van der Waals surface area contributed by atoms with Crippen LogP contribution in [0.4, 0.5) is 0 Å². The lowest BCUT2D eigenvalue weighted by molar-refractivity contribution is 0.0970. The Hall–Kier alpha value is -2.16. The summed E-state index contributed by atoms with van der Waals surface area (Å²) in [5.74, 6) is -0.0537. The van der Waals surface area contributed by atoms with E-state index in [1.807, 2.05) is 31.2 Å². The molecule has 0 aliphatic heterocycles. The lowest BCUT2D eigenvalue weighted by atomic mass is 10.1. The highest BCUT2D eigenvalue weighted by atomic mass is 16.1. The van der Waals surface area contributed by atoms with Crippen molar-refractivity contribution in [2.75, 3.05) is 0 Å². The number of aromatic nitrogens is 1. The number of hydrogen-bond donors (Lipinski definition) is 0. The van der Waals surface area contributed by atoms with Crippen LogP contribution in [0.15, 0.2) is 53.3 Å². The summed E-state index contributed by atoms with van der Waals surface area (Å²) >= 11 is 0. The molecule has 0 unspecified atom stereocenters. The number of aryl methyl sites for hydroxylation is 1. The second kappa shape index (κ2) is 4.78. The number of benzene rings is 1. The summed E-state index contributed by atoms with van der Waals surface area (Å²) in [5.41, 5.74) is 1.28. The minimum Gasteiger partial charge on any atom is -0.305 e. The summed E-state index contributed by atoms with van der Waals surface area (Å²) in [7, 11) is 0. The van der Waals surface area contributed by atoms with Crippen LogP contribution in [0.1, 0.15) is 16.1 Å². The molecular weight excluding hydrogens is 214 g/mol. The van der Waals surface area contributed by atoms with Crippen LogP contribution in [-0.2, 0) is 6.54 Å². The van der Waals surface area contributed by atoms with E-state index in [9.17, 15) is 9.59 Å². The third-order valence-electron chi connectivity index (χ3n) is 2.67. The normalized spacial score (nSPS) is 10.2. The number of rotatable bonds is 3. The van der Waals surface area contributed by atoms with E-state index >= 15 is 0 Å². The first-order valence-electron chi connectivity index (χ1n) is 5.43. The maximum absolute atomic E-state index is 12.0. The van der Waals surface area contributed by atoms with Gasteiger partial charge in [-0.3, -0.25) is 9.59 Å². The van der Waals surface area contributed by atoms with Gasteiger partial charge in [-0.15, -0.1) is 0 Å². The van der Waals surface area contributed by atoms with Gasteiger partial charge in [0.2, 0.25) is 0 Å². The summed E-state index contributed by atoms with van der Waals surface area (Å²) < 4.78 is 1.48. The minimum atomic E-state index is -0.144. The monoisotopic (exact) mass is 227 g/mol. The Morgan fingerprint density at radius 3 is 2.41 bits per heavy atom. The number of Topliss-reactive ketones (excluding diaryl/α,β-unsaturated/α-hetero) is 1. The van der Waals surface area contributed by atoms with Gasteiger partial charge in [-0.1, -0.05) is 36.4 Å². The standard InChI is InChI=1S/C14H13NO2/c1-11-6-5-9-14(17)15(11)10-13(16)12-7-3-2-4-8-12/h2-9H,10H2,1H3. The Balaban J connectivity index is 2.28. The van der Waals surface area contributed by atoms with Crippen LogP contribution in [0, 0.1) is 6.92 Å². The van der Waals surface area contributed by atoms with Gasteiger partial charge in [0.05, 0.1) is 6.54 Å². The van der Waals surface area contributed by atoms with Crippen LogP contribution in [0.5, 0.6) is 0 Å². The van der Waals surface area contributed by atoms with E-state index in [4.69, 9.17) is 0 Å². The molecule has 1 heterocycles. The highest BCUT2D eigenvalue weighted by molar-refractivity contribution is 5.95. The fourth-order valence-corrected chi connectivity index (χ4v) is 1.69. The molecule has 0 saturated heterocycles. The number of carbonyl (C=O) groups is 1. The van der Waals surface area contributed by atoms with Crippen LogP contribution in [0.25, 0.3) is 0 Å². The SMILES string of the molecule is Cc1cccc(=O)n1CC(=O)c1ccccc1. The Morgan fingerprint density at radius 2 is 1.76 bits per heavy atom. The number of carbonyl (C=O) groups excluding carboxylic acids is 1. The molecular formula is C14H13NO2. The van der Waals surface area contributed by atoms with Gasteiger partial charge in [-0.05, 0) is 13.0 Å². The molecule has 0 amide bonds.